The number of likely N-dealkylation sites (tertiary alicyclic amines) is 1. The van der Waals surface area contributed by atoms with E-state index in [4.69, 9.17) is 4.74 Å². The number of nitrogens with zero attached hydrogens (tertiary/aromatic N) is 4. The number of hydrogen-bond acceptors (Lipinski definition) is 6. The Morgan fingerprint density at radius 1 is 1.20 bits per heavy atom. The van der Waals surface area contributed by atoms with Crippen LogP contribution in [-0.2, 0) is 0 Å². The molecular weight excluding hydrogens is 380 g/mol. The molecule has 3 aromatic heterocycles. The molecule has 1 fully saturated rings. The van der Waals surface area contributed by atoms with Crippen molar-refractivity contribution in [3.8, 4) is 17.7 Å². The van der Waals surface area contributed by atoms with Gasteiger partial charge in [-0.05, 0) is 38.1 Å². The second-order valence-electron chi connectivity index (χ2n) is 7.11. The lowest BCUT2D eigenvalue weighted by atomic mass is 10.1. The molecule has 1 aliphatic heterocycles. The number of ether oxygens (including phenoxy) is 1. The third-order valence-electron chi connectivity index (χ3n) is 4.82. The minimum absolute atomic E-state index is 0.181. The number of piperidine rings is 1. The number of rotatable bonds is 4. The lowest BCUT2D eigenvalue weighted by Gasteiger charge is -2.28. The second-order valence-corrected chi connectivity index (χ2v) is 7.11. The number of H-pyrrole nitrogens is 1. The molecule has 2 N–H and O–H groups in total. The van der Waals surface area contributed by atoms with Crippen LogP contribution in [0.25, 0.3) is 0 Å². The molecule has 30 heavy (non-hydrogen) atoms. The number of aromatic amines is 1. The van der Waals surface area contributed by atoms with Gasteiger partial charge in [0.1, 0.15) is 11.8 Å². The SMILES string of the molecule is CN1CCC(Oc2ccc(NC(=O)c3[nH]ncc3C#Cc3cccnc3)cn2)CC1. The van der Waals surface area contributed by atoms with E-state index in [2.05, 4.69) is 49.3 Å². The largest absolute Gasteiger partial charge is 0.474 e. The van der Waals surface area contributed by atoms with E-state index in [0.29, 0.717) is 17.1 Å². The highest BCUT2D eigenvalue weighted by Gasteiger charge is 2.18. The van der Waals surface area contributed by atoms with Gasteiger partial charge in [-0.2, -0.15) is 5.10 Å². The standard InChI is InChI=1S/C22H22N6O2/c1-28-11-8-19(9-12-28)30-20-7-6-18(15-24-20)26-22(29)21-17(14-25-27-21)5-4-16-3-2-10-23-13-16/h2-3,6-7,10,13-15,19H,8-9,11-12H2,1H3,(H,25,27)(H,26,29). The van der Waals surface area contributed by atoms with Crippen molar-refractivity contribution in [2.45, 2.75) is 18.9 Å². The van der Waals surface area contributed by atoms with Crippen molar-refractivity contribution < 1.29 is 9.53 Å². The van der Waals surface area contributed by atoms with Gasteiger partial charge in [-0.1, -0.05) is 11.8 Å². The number of nitrogens with one attached hydrogen (secondary N) is 2. The molecule has 0 saturated carbocycles. The average Bonchev–Trinajstić information content (AvgIpc) is 3.25. The zero-order valence-corrected chi connectivity index (χ0v) is 16.6. The molecule has 8 nitrogen and oxygen atoms in total. The van der Waals surface area contributed by atoms with Gasteiger partial charge in [-0.25, -0.2) is 4.98 Å². The first-order chi connectivity index (χ1) is 14.7. The monoisotopic (exact) mass is 402 g/mol. The van der Waals surface area contributed by atoms with E-state index in [1.165, 1.54) is 6.20 Å². The average molecular weight is 402 g/mol. The highest BCUT2D eigenvalue weighted by molar-refractivity contribution is 6.04. The quantitative estimate of drug-likeness (QED) is 0.651. The van der Waals surface area contributed by atoms with Crippen LogP contribution >= 0.6 is 0 Å². The first kappa shape index (κ1) is 19.6. The number of hydrogen-bond donors (Lipinski definition) is 2. The van der Waals surface area contributed by atoms with E-state index in [1.54, 1.807) is 36.8 Å². The van der Waals surface area contributed by atoms with Gasteiger partial charge < -0.3 is 15.0 Å². The number of carbonyl (C=O) groups is 1. The Morgan fingerprint density at radius 3 is 2.80 bits per heavy atom. The van der Waals surface area contributed by atoms with Gasteiger partial charge >= 0.3 is 0 Å². The number of pyridine rings is 2. The van der Waals surface area contributed by atoms with E-state index in [9.17, 15) is 4.79 Å². The summed E-state index contributed by atoms with van der Waals surface area (Å²) in [7, 11) is 2.11. The first-order valence-electron chi connectivity index (χ1n) is 9.75. The van der Waals surface area contributed by atoms with Crippen molar-refractivity contribution in [2.24, 2.45) is 0 Å². The van der Waals surface area contributed by atoms with Crippen LogP contribution in [0, 0.1) is 11.8 Å². The fraction of sp³-hybridized carbons (Fsp3) is 0.273. The summed E-state index contributed by atoms with van der Waals surface area (Å²) in [5.74, 6) is 6.14. The van der Waals surface area contributed by atoms with E-state index in [0.717, 1.165) is 31.5 Å². The molecule has 0 spiro atoms. The third kappa shape index (κ3) is 5.01. The number of aromatic nitrogens is 4. The molecule has 0 radical (unpaired) electrons. The molecule has 0 unspecified atom stereocenters. The van der Waals surface area contributed by atoms with Crippen molar-refractivity contribution in [3.63, 3.8) is 0 Å². The highest BCUT2D eigenvalue weighted by Crippen LogP contribution is 2.18. The smallest absolute Gasteiger partial charge is 0.275 e. The first-order valence-corrected chi connectivity index (χ1v) is 9.75. The van der Waals surface area contributed by atoms with Gasteiger partial charge in [0.15, 0.2) is 0 Å². The third-order valence-corrected chi connectivity index (χ3v) is 4.82. The summed E-state index contributed by atoms with van der Waals surface area (Å²) in [6, 6.07) is 7.19. The summed E-state index contributed by atoms with van der Waals surface area (Å²) in [6.45, 7) is 2.05. The molecular formula is C22H22N6O2. The predicted octanol–water partition coefficient (Wildman–Crippen LogP) is 2.32. The minimum Gasteiger partial charge on any atom is -0.474 e. The van der Waals surface area contributed by atoms with Crippen molar-refractivity contribution in [1.82, 2.24) is 25.1 Å². The molecule has 1 saturated heterocycles. The predicted molar refractivity (Wildman–Crippen MR) is 112 cm³/mol. The normalized spacial score (nSPS) is 14.6. The van der Waals surface area contributed by atoms with Gasteiger partial charge in [-0.3, -0.25) is 14.9 Å². The van der Waals surface area contributed by atoms with Crippen LogP contribution in [-0.4, -0.2) is 57.2 Å². The van der Waals surface area contributed by atoms with Crippen molar-refractivity contribution >= 4 is 11.6 Å². The molecule has 8 heteroatoms. The maximum atomic E-state index is 12.6. The number of carbonyl (C=O) groups excluding carboxylic acids is 1. The molecule has 0 aromatic carbocycles. The Labute approximate surface area is 174 Å². The van der Waals surface area contributed by atoms with Crippen LogP contribution in [0.1, 0.15) is 34.5 Å². The zero-order chi connectivity index (χ0) is 20.8. The van der Waals surface area contributed by atoms with Gasteiger partial charge in [0.2, 0.25) is 5.88 Å². The van der Waals surface area contributed by atoms with Crippen LogP contribution in [0.4, 0.5) is 5.69 Å². The van der Waals surface area contributed by atoms with Gasteiger partial charge in [0.25, 0.3) is 5.91 Å². The summed E-state index contributed by atoms with van der Waals surface area (Å²) in [4.78, 5) is 23.2. The van der Waals surface area contributed by atoms with Gasteiger partial charge in [0.05, 0.1) is 23.6 Å². The molecule has 0 aliphatic carbocycles. The molecule has 1 amide bonds. The lowest BCUT2D eigenvalue weighted by Crippen LogP contribution is -2.35. The molecule has 3 aromatic rings. The molecule has 0 atom stereocenters. The molecule has 0 bridgehead atoms. The van der Waals surface area contributed by atoms with Crippen molar-refractivity contribution in [3.05, 3.63) is 65.9 Å². The summed E-state index contributed by atoms with van der Waals surface area (Å²) in [6.07, 6.45) is 8.60. The number of amides is 1. The van der Waals surface area contributed by atoms with Crippen LogP contribution in [0.2, 0.25) is 0 Å². The maximum Gasteiger partial charge on any atom is 0.275 e. The van der Waals surface area contributed by atoms with Gasteiger partial charge in [-0.15, -0.1) is 0 Å². The molecule has 1 aliphatic rings. The molecule has 152 valence electrons. The van der Waals surface area contributed by atoms with Crippen molar-refractivity contribution in [1.29, 1.82) is 0 Å². The maximum absolute atomic E-state index is 12.6. The fourth-order valence-corrected chi connectivity index (χ4v) is 3.12. The van der Waals surface area contributed by atoms with Crippen molar-refractivity contribution in [2.75, 3.05) is 25.5 Å². The summed E-state index contributed by atoms with van der Waals surface area (Å²) >= 11 is 0. The summed E-state index contributed by atoms with van der Waals surface area (Å²) in [5, 5.41) is 9.45. The van der Waals surface area contributed by atoms with Crippen LogP contribution in [0.5, 0.6) is 5.88 Å². The van der Waals surface area contributed by atoms with Crippen LogP contribution in [0.3, 0.4) is 0 Å². The van der Waals surface area contributed by atoms with Crippen LogP contribution in [0.15, 0.2) is 49.1 Å². The van der Waals surface area contributed by atoms with Crippen LogP contribution < -0.4 is 10.1 Å². The minimum atomic E-state index is -0.339. The Hall–Kier alpha value is -3.70. The Morgan fingerprint density at radius 2 is 2.07 bits per heavy atom. The van der Waals surface area contributed by atoms with E-state index < -0.39 is 0 Å². The Balaban J connectivity index is 1.38. The molecule has 4 rings (SSSR count). The summed E-state index contributed by atoms with van der Waals surface area (Å²) in [5.41, 5.74) is 2.12. The van der Waals surface area contributed by atoms with E-state index in [1.807, 2.05) is 6.07 Å². The highest BCUT2D eigenvalue weighted by atomic mass is 16.5. The van der Waals surface area contributed by atoms with Gasteiger partial charge in [0, 0.05) is 37.1 Å². The summed E-state index contributed by atoms with van der Waals surface area (Å²) < 4.78 is 5.94. The zero-order valence-electron chi connectivity index (χ0n) is 16.6. The molecule has 4 heterocycles. The Kier molecular flexibility index (Phi) is 6.01. The lowest BCUT2D eigenvalue weighted by molar-refractivity contribution is 0.102. The topological polar surface area (TPSA) is 96.0 Å². The Bertz CT molecular complexity index is 1040. The second kappa shape index (κ2) is 9.20. The fourth-order valence-electron chi connectivity index (χ4n) is 3.12. The van der Waals surface area contributed by atoms with E-state index in [-0.39, 0.29) is 17.7 Å². The number of anilines is 1. The van der Waals surface area contributed by atoms with E-state index >= 15 is 0 Å².